The number of nitrogens with two attached hydrogens (primary N) is 1. The number of rotatable bonds is 1. The summed E-state index contributed by atoms with van der Waals surface area (Å²) in [5.41, 5.74) is 12.2. The first-order valence-corrected chi connectivity index (χ1v) is 9.28. The molecule has 0 bridgehead atoms. The minimum absolute atomic E-state index is 0.176. The van der Waals surface area contributed by atoms with E-state index in [0.717, 1.165) is 59.4 Å². The number of pyridine rings is 2. The van der Waals surface area contributed by atoms with Gasteiger partial charge in [0.1, 0.15) is 11.7 Å². The van der Waals surface area contributed by atoms with E-state index in [2.05, 4.69) is 22.0 Å². The Morgan fingerprint density at radius 2 is 2.04 bits per heavy atom. The summed E-state index contributed by atoms with van der Waals surface area (Å²) in [5.74, 6) is 0. The highest BCUT2D eigenvalue weighted by molar-refractivity contribution is 5.97. The number of nitrogens with zero attached hydrogens (tertiary/aromatic N) is 5. The molecule has 1 unspecified atom stereocenters. The van der Waals surface area contributed by atoms with Gasteiger partial charge in [-0.2, -0.15) is 5.26 Å². The summed E-state index contributed by atoms with van der Waals surface area (Å²) in [5, 5.41) is 10.7. The van der Waals surface area contributed by atoms with E-state index in [9.17, 15) is 5.26 Å². The Labute approximate surface area is 156 Å². The second kappa shape index (κ2) is 5.93. The van der Waals surface area contributed by atoms with Gasteiger partial charge in [0.15, 0.2) is 5.65 Å². The van der Waals surface area contributed by atoms with Crippen LogP contribution in [0.1, 0.15) is 24.1 Å². The van der Waals surface area contributed by atoms with Crippen LogP contribution in [0, 0.1) is 18.3 Å². The SMILES string of the molecule is Cc1cc(N2CCCC(N)C2)c2cc(C#N)c3nc4ccccc4n3c2n1. The molecule has 27 heavy (non-hydrogen) atoms. The second-order valence-corrected chi connectivity index (χ2v) is 7.30. The van der Waals surface area contributed by atoms with Gasteiger partial charge in [-0.15, -0.1) is 0 Å². The third kappa shape index (κ3) is 2.43. The lowest BCUT2D eigenvalue weighted by atomic mass is 10.0. The van der Waals surface area contributed by atoms with Crippen LogP contribution in [-0.4, -0.2) is 33.5 Å². The number of piperidine rings is 1. The molecular formula is C21H20N6. The molecule has 6 nitrogen and oxygen atoms in total. The van der Waals surface area contributed by atoms with Gasteiger partial charge in [0, 0.05) is 35.9 Å². The van der Waals surface area contributed by atoms with E-state index >= 15 is 0 Å². The molecule has 1 atom stereocenters. The lowest BCUT2D eigenvalue weighted by Gasteiger charge is -2.33. The first-order chi connectivity index (χ1) is 13.2. The number of hydrogen-bond acceptors (Lipinski definition) is 5. The van der Waals surface area contributed by atoms with Gasteiger partial charge < -0.3 is 10.6 Å². The summed E-state index contributed by atoms with van der Waals surface area (Å²) in [6.07, 6.45) is 2.13. The maximum atomic E-state index is 9.76. The zero-order valence-electron chi connectivity index (χ0n) is 15.2. The molecule has 1 aromatic carbocycles. The first-order valence-electron chi connectivity index (χ1n) is 9.28. The summed E-state index contributed by atoms with van der Waals surface area (Å²) in [6, 6.07) is 14.5. The number of imidazole rings is 1. The molecule has 1 aliphatic rings. The Morgan fingerprint density at radius 1 is 1.19 bits per heavy atom. The fourth-order valence-electron chi connectivity index (χ4n) is 4.16. The molecule has 1 saturated heterocycles. The third-order valence-electron chi connectivity index (χ3n) is 5.37. The number of aromatic nitrogens is 3. The fourth-order valence-corrected chi connectivity index (χ4v) is 4.16. The van der Waals surface area contributed by atoms with E-state index in [1.165, 1.54) is 0 Å². The van der Waals surface area contributed by atoms with Crippen molar-refractivity contribution in [2.24, 2.45) is 5.73 Å². The summed E-state index contributed by atoms with van der Waals surface area (Å²) in [7, 11) is 0. The third-order valence-corrected chi connectivity index (χ3v) is 5.37. The van der Waals surface area contributed by atoms with E-state index in [0.29, 0.717) is 11.2 Å². The summed E-state index contributed by atoms with van der Waals surface area (Å²) < 4.78 is 2.02. The molecule has 4 aromatic rings. The van der Waals surface area contributed by atoms with Crippen molar-refractivity contribution in [1.29, 1.82) is 5.26 Å². The van der Waals surface area contributed by atoms with Crippen molar-refractivity contribution in [3.8, 4) is 6.07 Å². The molecule has 5 rings (SSSR count). The fraction of sp³-hybridized carbons (Fsp3) is 0.286. The molecule has 0 aliphatic carbocycles. The molecule has 1 fully saturated rings. The highest BCUT2D eigenvalue weighted by Gasteiger charge is 2.22. The minimum atomic E-state index is 0.176. The van der Waals surface area contributed by atoms with Gasteiger partial charge in [0.2, 0.25) is 0 Å². The van der Waals surface area contributed by atoms with E-state index in [1.54, 1.807) is 0 Å². The normalized spacial score (nSPS) is 17.7. The Bertz CT molecular complexity index is 1230. The minimum Gasteiger partial charge on any atom is -0.369 e. The Balaban J connectivity index is 1.91. The highest BCUT2D eigenvalue weighted by atomic mass is 15.2. The van der Waals surface area contributed by atoms with Gasteiger partial charge >= 0.3 is 0 Å². The van der Waals surface area contributed by atoms with Gasteiger partial charge in [-0.05, 0) is 44.0 Å². The van der Waals surface area contributed by atoms with Crippen LogP contribution in [-0.2, 0) is 0 Å². The zero-order chi connectivity index (χ0) is 18.5. The Morgan fingerprint density at radius 3 is 2.85 bits per heavy atom. The molecule has 3 aromatic heterocycles. The van der Waals surface area contributed by atoms with Crippen molar-refractivity contribution < 1.29 is 0 Å². The van der Waals surface area contributed by atoms with Crippen LogP contribution in [0.2, 0.25) is 0 Å². The molecule has 0 spiro atoms. The van der Waals surface area contributed by atoms with Crippen LogP contribution in [0.15, 0.2) is 36.4 Å². The summed E-state index contributed by atoms with van der Waals surface area (Å²) >= 11 is 0. The van der Waals surface area contributed by atoms with Crippen LogP contribution in [0.25, 0.3) is 27.7 Å². The van der Waals surface area contributed by atoms with Crippen LogP contribution in [0.5, 0.6) is 0 Å². The van der Waals surface area contributed by atoms with Gasteiger partial charge in [0.05, 0.1) is 16.6 Å². The van der Waals surface area contributed by atoms with E-state index in [1.807, 2.05) is 41.7 Å². The van der Waals surface area contributed by atoms with Crippen molar-refractivity contribution in [1.82, 2.24) is 14.4 Å². The molecule has 0 saturated carbocycles. The predicted octanol–water partition coefficient (Wildman–Crippen LogP) is 3.14. The maximum absolute atomic E-state index is 9.76. The van der Waals surface area contributed by atoms with Crippen molar-refractivity contribution in [3.05, 3.63) is 47.7 Å². The van der Waals surface area contributed by atoms with Crippen molar-refractivity contribution in [2.45, 2.75) is 25.8 Å². The number of benzene rings is 1. The number of hydrogen-bond donors (Lipinski definition) is 1. The molecule has 6 heteroatoms. The number of anilines is 1. The van der Waals surface area contributed by atoms with Crippen LogP contribution in [0.3, 0.4) is 0 Å². The number of nitriles is 1. The maximum Gasteiger partial charge on any atom is 0.157 e. The Kier molecular flexibility index (Phi) is 3.52. The molecule has 0 radical (unpaired) electrons. The zero-order valence-corrected chi connectivity index (χ0v) is 15.2. The van der Waals surface area contributed by atoms with Crippen molar-refractivity contribution >= 4 is 33.4 Å². The van der Waals surface area contributed by atoms with Gasteiger partial charge in [-0.25, -0.2) is 9.97 Å². The van der Waals surface area contributed by atoms with Gasteiger partial charge in [-0.1, -0.05) is 12.1 Å². The lowest BCUT2D eigenvalue weighted by Crippen LogP contribution is -2.43. The first kappa shape index (κ1) is 16.0. The molecule has 0 amide bonds. The summed E-state index contributed by atoms with van der Waals surface area (Å²) in [4.78, 5) is 11.8. The number of fused-ring (bicyclic) bond motifs is 5. The van der Waals surface area contributed by atoms with Gasteiger partial charge in [0.25, 0.3) is 0 Å². The Hall–Kier alpha value is -3.17. The number of para-hydroxylation sites is 2. The topological polar surface area (TPSA) is 83.2 Å². The largest absolute Gasteiger partial charge is 0.369 e. The smallest absolute Gasteiger partial charge is 0.157 e. The monoisotopic (exact) mass is 356 g/mol. The standard InChI is InChI=1S/C21H20N6/c1-13-9-19(26-8-4-5-15(23)12-26)16-10-14(11-22)20-25-17-6-2-3-7-18(17)27(20)21(16)24-13/h2-3,6-7,9-10,15H,4-5,8,12,23H2,1H3. The van der Waals surface area contributed by atoms with E-state index in [-0.39, 0.29) is 6.04 Å². The van der Waals surface area contributed by atoms with E-state index in [4.69, 9.17) is 10.7 Å². The second-order valence-electron chi connectivity index (χ2n) is 7.30. The van der Waals surface area contributed by atoms with Crippen LogP contribution < -0.4 is 10.6 Å². The highest BCUT2D eigenvalue weighted by Crippen LogP contribution is 2.33. The van der Waals surface area contributed by atoms with Crippen LogP contribution >= 0.6 is 0 Å². The van der Waals surface area contributed by atoms with E-state index < -0.39 is 0 Å². The average molecular weight is 356 g/mol. The average Bonchev–Trinajstić information content (AvgIpc) is 3.07. The predicted molar refractivity (Wildman–Crippen MR) is 107 cm³/mol. The number of aryl methyl sites for hydroxylation is 1. The lowest BCUT2D eigenvalue weighted by molar-refractivity contribution is 0.507. The van der Waals surface area contributed by atoms with Crippen molar-refractivity contribution in [3.63, 3.8) is 0 Å². The molecular weight excluding hydrogens is 336 g/mol. The quantitative estimate of drug-likeness (QED) is 0.566. The molecule has 1 aliphatic heterocycles. The molecule has 134 valence electrons. The summed E-state index contributed by atoms with van der Waals surface area (Å²) in [6.45, 7) is 3.80. The molecule has 4 heterocycles. The molecule has 2 N–H and O–H groups in total. The van der Waals surface area contributed by atoms with Gasteiger partial charge in [-0.3, -0.25) is 4.40 Å². The van der Waals surface area contributed by atoms with Crippen molar-refractivity contribution in [2.75, 3.05) is 18.0 Å². The van der Waals surface area contributed by atoms with Crippen LogP contribution in [0.4, 0.5) is 5.69 Å².